The molecule has 0 spiro atoms. The first-order valence-corrected chi connectivity index (χ1v) is 15.2. The summed E-state index contributed by atoms with van der Waals surface area (Å²) >= 11 is 0. The predicted octanol–water partition coefficient (Wildman–Crippen LogP) is 3.17. The lowest BCUT2D eigenvalue weighted by Gasteiger charge is -2.31. The molecule has 4 aromatic rings. The molecule has 39 heavy (non-hydrogen) atoms. The number of hydrogen-bond acceptors (Lipinski definition) is 9. The van der Waals surface area contributed by atoms with Gasteiger partial charge in [-0.1, -0.05) is 18.2 Å². The lowest BCUT2D eigenvalue weighted by Crippen LogP contribution is -2.44. The van der Waals surface area contributed by atoms with Crippen molar-refractivity contribution >= 4 is 31.7 Å². The van der Waals surface area contributed by atoms with E-state index in [4.69, 9.17) is 19.2 Å². The van der Waals surface area contributed by atoms with Crippen LogP contribution in [0.4, 0.5) is 0 Å². The summed E-state index contributed by atoms with van der Waals surface area (Å²) in [4.78, 5) is 9.36. The molecule has 1 fully saturated rings. The van der Waals surface area contributed by atoms with Crippen molar-refractivity contribution in [3.63, 3.8) is 0 Å². The van der Waals surface area contributed by atoms with Crippen LogP contribution in [0.2, 0.25) is 0 Å². The van der Waals surface area contributed by atoms with E-state index >= 15 is 0 Å². The van der Waals surface area contributed by atoms with Gasteiger partial charge in [-0.25, -0.2) is 18.1 Å². The summed E-state index contributed by atoms with van der Waals surface area (Å²) in [5.41, 5.74) is 3.01. The molecule has 0 bridgehead atoms. The fourth-order valence-corrected chi connectivity index (χ4v) is 7.43. The maximum Gasteiger partial charge on any atom is 0.219 e. The van der Waals surface area contributed by atoms with E-state index in [1.165, 1.54) is 25.3 Å². The van der Waals surface area contributed by atoms with Crippen LogP contribution in [0.3, 0.4) is 0 Å². The van der Waals surface area contributed by atoms with Crippen LogP contribution in [0.15, 0.2) is 63.6 Å². The highest BCUT2D eigenvalue weighted by atomic mass is 32.2. The Morgan fingerprint density at radius 2 is 1.77 bits per heavy atom. The topological polar surface area (TPSA) is 113 Å². The third kappa shape index (κ3) is 4.99. The Morgan fingerprint density at radius 1 is 1.05 bits per heavy atom. The van der Waals surface area contributed by atoms with Crippen molar-refractivity contribution < 1.29 is 26.8 Å². The predicted molar refractivity (Wildman–Crippen MR) is 147 cm³/mol. The lowest BCUT2D eigenvalue weighted by atomic mass is 10.1. The third-order valence-electron chi connectivity index (χ3n) is 6.72. The van der Waals surface area contributed by atoms with Crippen LogP contribution in [0.1, 0.15) is 16.8 Å². The number of sulfone groups is 1. The number of morpholine rings is 1. The molecule has 1 saturated heterocycles. The molecule has 0 amide bonds. The summed E-state index contributed by atoms with van der Waals surface area (Å²) in [7, 11) is -2.57. The van der Waals surface area contributed by atoms with E-state index in [1.54, 1.807) is 42.2 Å². The molecule has 1 aliphatic rings. The largest absolute Gasteiger partial charge is 0.497 e. The number of imidazole rings is 1. The average molecular weight is 571 g/mol. The number of methoxy groups -OCH3 is 2. The quantitative estimate of drug-likeness (QED) is 0.315. The zero-order chi connectivity index (χ0) is 27.7. The van der Waals surface area contributed by atoms with E-state index in [-0.39, 0.29) is 26.2 Å². The number of rotatable bonds is 8. The molecule has 0 aliphatic carbocycles. The minimum Gasteiger partial charge on any atom is -0.497 e. The van der Waals surface area contributed by atoms with Gasteiger partial charge in [0.15, 0.2) is 0 Å². The number of ether oxygens (including phenoxy) is 3. The number of aryl methyl sites for hydroxylation is 1. The molecule has 5 rings (SSSR count). The van der Waals surface area contributed by atoms with Gasteiger partial charge in [-0.3, -0.25) is 9.19 Å². The van der Waals surface area contributed by atoms with Crippen LogP contribution in [-0.2, 0) is 31.1 Å². The number of pyridine rings is 1. The molecular formula is C27H30N4O6S2. The van der Waals surface area contributed by atoms with Gasteiger partial charge < -0.3 is 19.2 Å². The van der Waals surface area contributed by atoms with Crippen molar-refractivity contribution in [2.45, 2.75) is 34.5 Å². The molecule has 2 aromatic carbocycles. The lowest BCUT2D eigenvalue weighted by molar-refractivity contribution is 0.110. The van der Waals surface area contributed by atoms with Crippen molar-refractivity contribution in [2.24, 2.45) is 0 Å². The fraction of sp³-hybridized carbons (Fsp3) is 0.333. The summed E-state index contributed by atoms with van der Waals surface area (Å²) in [5.74, 6) is 1.12. The maximum atomic E-state index is 14.0. The second kappa shape index (κ2) is 10.9. The minimum absolute atomic E-state index is 0.0142. The van der Waals surface area contributed by atoms with Crippen molar-refractivity contribution in [1.82, 2.24) is 14.6 Å². The summed E-state index contributed by atoms with van der Waals surface area (Å²) < 4.78 is 59.9. The van der Waals surface area contributed by atoms with Gasteiger partial charge in [-0.15, -0.1) is 0 Å². The first-order valence-electron chi connectivity index (χ1n) is 12.4. The minimum atomic E-state index is -3.96. The van der Waals surface area contributed by atoms with E-state index in [0.717, 1.165) is 11.1 Å². The van der Waals surface area contributed by atoms with Gasteiger partial charge in [0.1, 0.15) is 21.9 Å². The SMILES string of the molecule is COc1cc(S(=O)(=O)c2ccccc2)c2nc(S(=O)Cc3ncc(C)c(OC)c3C)n(N3CCOCC3)c2c1. The van der Waals surface area contributed by atoms with Gasteiger partial charge in [0.05, 0.1) is 73.2 Å². The highest BCUT2D eigenvalue weighted by Gasteiger charge is 2.30. The molecule has 1 unspecified atom stereocenters. The Labute approximate surface area is 229 Å². The molecule has 3 heterocycles. The molecule has 10 nitrogen and oxygen atoms in total. The molecule has 1 atom stereocenters. The van der Waals surface area contributed by atoms with Crippen molar-refractivity contribution in [3.8, 4) is 11.5 Å². The summed E-state index contributed by atoms with van der Waals surface area (Å²) in [6.45, 7) is 5.76. The van der Waals surface area contributed by atoms with Crippen LogP contribution in [0.25, 0.3) is 11.0 Å². The molecule has 0 N–H and O–H groups in total. The number of aromatic nitrogens is 3. The zero-order valence-corrected chi connectivity index (χ0v) is 23.8. The van der Waals surface area contributed by atoms with Gasteiger partial charge in [-0.2, -0.15) is 0 Å². The Morgan fingerprint density at radius 3 is 2.44 bits per heavy atom. The fourth-order valence-electron chi connectivity index (χ4n) is 4.72. The number of fused-ring (bicyclic) bond motifs is 1. The van der Waals surface area contributed by atoms with Crippen molar-refractivity contribution in [3.05, 3.63) is 65.5 Å². The number of nitrogens with zero attached hydrogens (tertiary/aromatic N) is 4. The zero-order valence-electron chi connectivity index (χ0n) is 22.2. The van der Waals surface area contributed by atoms with Gasteiger partial charge in [0.25, 0.3) is 0 Å². The summed E-state index contributed by atoms with van der Waals surface area (Å²) in [5, 5.41) is 2.20. The highest BCUT2D eigenvalue weighted by Crippen LogP contribution is 2.34. The standard InChI is InChI=1S/C27H30N4O6S2/c1-18-16-28-22(19(2)26(18)36-4)17-38(32)27-29-25-23(31(27)30-10-12-37-13-11-30)14-20(35-3)15-24(25)39(33,34)21-8-6-5-7-9-21/h5-9,14-16H,10-13,17H2,1-4H3. The molecular weight excluding hydrogens is 540 g/mol. The van der Waals surface area contributed by atoms with E-state index in [2.05, 4.69) is 4.98 Å². The molecule has 206 valence electrons. The van der Waals surface area contributed by atoms with E-state index < -0.39 is 20.6 Å². The molecule has 0 saturated carbocycles. The van der Waals surface area contributed by atoms with Gasteiger partial charge >= 0.3 is 0 Å². The monoisotopic (exact) mass is 570 g/mol. The first-order chi connectivity index (χ1) is 18.8. The smallest absolute Gasteiger partial charge is 0.219 e. The average Bonchev–Trinajstić information content (AvgIpc) is 3.34. The second-order valence-corrected chi connectivity index (χ2v) is 12.4. The molecule has 1 aliphatic heterocycles. The van der Waals surface area contributed by atoms with Crippen molar-refractivity contribution in [2.75, 3.05) is 45.5 Å². The molecule has 2 aromatic heterocycles. The summed E-state index contributed by atoms with van der Waals surface area (Å²) in [6, 6.07) is 11.4. The molecule has 12 heteroatoms. The Kier molecular flexibility index (Phi) is 7.61. The maximum absolute atomic E-state index is 14.0. The Hall–Kier alpha value is -3.48. The van der Waals surface area contributed by atoms with Gasteiger partial charge in [0.2, 0.25) is 15.0 Å². The van der Waals surface area contributed by atoms with Gasteiger partial charge in [-0.05, 0) is 26.0 Å². The van der Waals surface area contributed by atoms with Gasteiger partial charge in [0, 0.05) is 29.5 Å². The number of benzene rings is 2. The Balaban J connectivity index is 1.71. The van der Waals surface area contributed by atoms with Crippen LogP contribution in [0.5, 0.6) is 11.5 Å². The van der Waals surface area contributed by atoms with E-state index in [0.29, 0.717) is 49.0 Å². The first kappa shape index (κ1) is 27.1. The van der Waals surface area contributed by atoms with Crippen LogP contribution < -0.4 is 14.5 Å². The van der Waals surface area contributed by atoms with Crippen molar-refractivity contribution in [1.29, 1.82) is 0 Å². The second-order valence-electron chi connectivity index (χ2n) is 9.12. The van der Waals surface area contributed by atoms with E-state index in [1.807, 2.05) is 18.9 Å². The van der Waals surface area contributed by atoms with Crippen LogP contribution in [0, 0.1) is 13.8 Å². The Bertz CT molecular complexity index is 1650. The van der Waals surface area contributed by atoms with Crippen LogP contribution >= 0.6 is 0 Å². The van der Waals surface area contributed by atoms with E-state index in [9.17, 15) is 12.6 Å². The van der Waals surface area contributed by atoms with Crippen LogP contribution in [-0.4, -0.2) is 67.8 Å². The highest BCUT2D eigenvalue weighted by molar-refractivity contribution is 7.91. The summed E-state index contributed by atoms with van der Waals surface area (Å²) in [6.07, 6.45) is 1.69. The third-order valence-corrected chi connectivity index (χ3v) is 9.71. The number of hydrogen-bond donors (Lipinski definition) is 0. The normalized spacial score (nSPS) is 14.9. The molecule has 0 radical (unpaired) electrons.